The van der Waals surface area contributed by atoms with Crippen molar-refractivity contribution in [3.63, 3.8) is 0 Å². The molecule has 4 nitrogen and oxygen atoms in total. The Balaban J connectivity index is 0.000000184. The first kappa shape index (κ1) is 21.8. The summed E-state index contributed by atoms with van der Waals surface area (Å²) in [5.74, 6) is 0.755. The molecule has 0 fully saturated rings. The molecule has 8 aromatic rings. The van der Waals surface area contributed by atoms with E-state index < -0.39 is 20.6 Å². The van der Waals surface area contributed by atoms with Crippen molar-refractivity contribution in [1.29, 1.82) is 0 Å². The maximum absolute atomic E-state index is 7.73. The molecule has 0 N–H and O–H groups in total. The zero-order chi connectivity index (χ0) is 38.6. The van der Waals surface area contributed by atoms with E-state index in [1.165, 1.54) is 12.1 Å². The average molecular weight is 785 g/mol. The normalized spacial score (nSPS) is 14.7. The van der Waals surface area contributed by atoms with E-state index in [1.54, 1.807) is 18.2 Å². The Morgan fingerprint density at radius 1 is 0.761 bits per heavy atom. The third-order valence-corrected chi connectivity index (χ3v) is 7.78. The number of hydrogen-bond donors (Lipinski definition) is 0. The molecule has 0 bridgehead atoms. The number of hydrogen-bond acceptors (Lipinski definition) is 3. The molecule has 3 heterocycles. The second kappa shape index (κ2) is 12.9. The molecule has 0 unspecified atom stereocenters. The number of benzene rings is 5. The Hall–Kier alpha value is -4.83. The molecule has 1 radical (unpaired) electrons. The predicted octanol–water partition coefficient (Wildman–Crippen LogP) is 10.5. The van der Waals surface area contributed by atoms with Crippen LogP contribution in [-0.4, -0.2) is 14.5 Å². The van der Waals surface area contributed by atoms with Gasteiger partial charge in [0.1, 0.15) is 5.58 Å². The largest absolute Gasteiger partial charge is 0.501 e. The number of pyridine rings is 1. The van der Waals surface area contributed by atoms with E-state index in [1.807, 2.05) is 54.6 Å². The summed E-state index contributed by atoms with van der Waals surface area (Å²) < 4.78 is 76.7. The fraction of sp³-hybridized carbons (Fsp3) is 0.122. The number of aryl methyl sites for hydroxylation is 5. The summed E-state index contributed by atoms with van der Waals surface area (Å²) in [4.78, 5) is 9.03. The van der Waals surface area contributed by atoms with Gasteiger partial charge in [-0.25, -0.2) is 0 Å². The molecule has 0 spiro atoms. The van der Waals surface area contributed by atoms with Crippen molar-refractivity contribution < 1.29 is 36.9 Å². The molecule has 46 heavy (non-hydrogen) atoms. The molecule has 0 aliphatic carbocycles. The molecule has 8 rings (SSSR count). The molecule has 0 aliphatic rings. The number of imidazole rings is 1. The molecular formula is C41H33IrN3O-2. The van der Waals surface area contributed by atoms with Crippen molar-refractivity contribution >= 4 is 33.0 Å². The van der Waals surface area contributed by atoms with Crippen LogP contribution in [0.25, 0.3) is 61.3 Å². The number of aromatic nitrogens is 3. The molecule has 5 heteroatoms. The predicted molar refractivity (Wildman–Crippen MR) is 185 cm³/mol. The Labute approximate surface area is 295 Å². The van der Waals surface area contributed by atoms with E-state index in [4.69, 9.17) is 21.7 Å². The number of rotatable bonds is 3. The van der Waals surface area contributed by atoms with E-state index in [0.717, 1.165) is 56.2 Å². The van der Waals surface area contributed by atoms with Crippen molar-refractivity contribution in [3.05, 3.63) is 149 Å². The Kier molecular flexibility index (Phi) is 6.11. The van der Waals surface area contributed by atoms with Crippen LogP contribution in [0.4, 0.5) is 0 Å². The van der Waals surface area contributed by atoms with Crippen LogP contribution in [0.15, 0.2) is 114 Å². The number of para-hydroxylation sites is 4. The van der Waals surface area contributed by atoms with Gasteiger partial charge in [0.15, 0.2) is 0 Å². The van der Waals surface area contributed by atoms with Gasteiger partial charge in [-0.1, -0.05) is 78.0 Å². The van der Waals surface area contributed by atoms with Gasteiger partial charge in [0, 0.05) is 49.7 Å². The quantitative estimate of drug-likeness (QED) is 0.168. The first-order valence-electron chi connectivity index (χ1n) is 18.9. The summed E-state index contributed by atoms with van der Waals surface area (Å²) in [6.45, 7) is -3.11. The van der Waals surface area contributed by atoms with Crippen molar-refractivity contribution in [2.45, 2.75) is 34.4 Å². The van der Waals surface area contributed by atoms with Gasteiger partial charge in [-0.05, 0) is 68.1 Å². The van der Waals surface area contributed by atoms with Gasteiger partial charge in [0.05, 0.1) is 22.4 Å². The van der Waals surface area contributed by atoms with Crippen LogP contribution < -0.4 is 0 Å². The molecule has 5 aromatic carbocycles. The zero-order valence-corrected chi connectivity index (χ0v) is 27.4. The summed E-state index contributed by atoms with van der Waals surface area (Å²) in [5.41, 5.74) is 7.85. The topological polar surface area (TPSA) is 43.9 Å². The van der Waals surface area contributed by atoms with Gasteiger partial charge < -0.3 is 14.0 Å². The Morgan fingerprint density at radius 3 is 2.35 bits per heavy atom. The van der Waals surface area contributed by atoms with E-state index in [-0.39, 0.29) is 36.8 Å². The molecule has 0 saturated carbocycles. The van der Waals surface area contributed by atoms with Crippen LogP contribution in [0, 0.1) is 46.5 Å². The minimum Gasteiger partial charge on any atom is -0.501 e. The number of fused-ring (bicyclic) bond motifs is 4. The van der Waals surface area contributed by atoms with Crippen LogP contribution in [-0.2, 0) is 20.1 Å². The van der Waals surface area contributed by atoms with E-state index in [2.05, 4.69) is 53.7 Å². The molecule has 3 aromatic heterocycles. The van der Waals surface area contributed by atoms with Crippen LogP contribution in [0.3, 0.4) is 0 Å². The van der Waals surface area contributed by atoms with Gasteiger partial charge in [-0.15, -0.1) is 53.6 Å². The second-order valence-corrected chi connectivity index (χ2v) is 10.8. The molecule has 229 valence electrons. The molecular weight excluding hydrogens is 743 g/mol. The maximum Gasteiger partial charge on any atom is 0.120 e. The molecule has 0 amide bonds. The minimum absolute atomic E-state index is 0. The monoisotopic (exact) mass is 785 g/mol. The fourth-order valence-electron chi connectivity index (χ4n) is 5.63. The molecule has 0 saturated heterocycles. The van der Waals surface area contributed by atoms with Crippen molar-refractivity contribution in [1.82, 2.24) is 14.5 Å². The summed E-state index contributed by atoms with van der Waals surface area (Å²) in [5, 5.41) is 1.79. The summed E-state index contributed by atoms with van der Waals surface area (Å²) in [6, 6.07) is 37.8. The first-order valence-corrected chi connectivity index (χ1v) is 14.4. The van der Waals surface area contributed by atoms with Gasteiger partial charge >= 0.3 is 0 Å². The zero-order valence-electron chi connectivity index (χ0n) is 34.0. The summed E-state index contributed by atoms with van der Waals surface area (Å²) in [7, 11) is 0. The smallest absolute Gasteiger partial charge is 0.120 e. The van der Waals surface area contributed by atoms with Crippen molar-refractivity contribution in [3.8, 4) is 28.3 Å². The minimum atomic E-state index is -2.58. The van der Waals surface area contributed by atoms with Crippen molar-refractivity contribution in [2.24, 2.45) is 0 Å². The van der Waals surface area contributed by atoms with Gasteiger partial charge in [-0.3, -0.25) is 4.98 Å². The van der Waals surface area contributed by atoms with E-state index in [9.17, 15) is 0 Å². The second-order valence-electron chi connectivity index (χ2n) is 10.8. The third kappa shape index (κ3) is 5.69. The maximum atomic E-state index is 7.73. The number of nitrogens with zero attached hydrogens (tertiary/aromatic N) is 3. The Morgan fingerprint density at radius 2 is 1.57 bits per heavy atom. The summed E-state index contributed by atoms with van der Waals surface area (Å²) in [6.07, 6.45) is 1.11. The summed E-state index contributed by atoms with van der Waals surface area (Å²) >= 11 is 0. The average Bonchev–Trinajstić information content (AvgIpc) is 3.70. The van der Waals surface area contributed by atoms with E-state index in [0.29, 0.717) is 22.4 Å². The van der Waals surface area contributed by atoms with Crippen LogP contribution >= 0.6 is 0 Å². The number of furan rings is 1. The fourth-order valence-corrected chi connectivity index (χ4v) is 5.63. The third-order valence-electron chi connectivity index (χ3n) is 7.78. The van der Waals surface area contributed by atoms with Crippen LogP contribution in [0.5, 0.6) is 0 Å². The SMILES string of the molecule is [2H]C([2H])([2H])c1c[c-]c(-c2nc3ccccc3n2-c2c(C)cccc2C)cc1.[2H]C([2H])([2H])c1cnc(-c2[c-]ccc3c2oc2ccccc23)cc1C([2H])([2H])[2H].[Ir]. The van der Waals surface area contributed by atoms with E-state index >= 15 is 0 Å². The Bertz CT molecular complexity index is 2640. The van der Waals surface area contributed by atoms with Gasteiger partial charge in [-0.2, -0.15) is 0 Å². The first-order chi connectivity index (χ1) is 25.5. The molecule has 0 atom stereocenters. The van der Waals surface area contributed by atoms with Crippen LogP contribution in [0.1, 0.15) is 40.2 Å². The van der Waals surface area contributed by atoms with Crippen LogP contribution in [0.2, 0.25) is 0 Å². The van der Waals surface area contributed by atoms with Gasteiger partial charge in [0.25, 0.3) is 0 Å². The van der Waals surface area contributed by atoms with Crippen molar-refractivity contribution in [2.75, 3.05) is 0 Å². The van der Waals surface area contributed by atoms with Gasteiger partial charge in [0.2, 0.25) is 0 Å². The molecule has 0 aliphatic heterocycles. The standard InChI is InChI=1S/C22H19N2.C19H14NO.Ir/c1-15-11-13-18(14-12-15)22-23-19-9-4-5-10-20(19)24(22)21-16(2)7-6-8-17(21)3;1-12-10-17(20-11-13(12)2)16-8-5-7-15-14-6-3-4-9-18(14)21-19(15)16;/h4-13H,1-3H3;3-7,9-11H,1-2H3;/q2*-1;/i1D3;1D3,2D3;.